The number of methoxy groups -OCH3 is 3. The maximum absolute atomic E-state index is 13.0. The van der Waals surface area contributed by atoms with Gasteiger partial charge in [-0.2, -0.15) is 0 Å². The summed E-state index contributed by atoms with van der Waals surface area (Å²) < 4.78 is 15.6. The van der Waals surface area contributed by atoms with Gasteiger partial charge in [0, 0.05) is 48.9 Å². The molecular weight excluding hydrogens is 456 g/mol. The monoisotopic (exact) mass is 482 g/mol. The summed E-state index contributed by atoms with van der Waals surface area (Å²) in [6.07, 6.45) is 0. The van der Waals surface area contributed by atoms with Crippen LogP contribution in [-0.4, -0.2) is 69.2 Å². The van der Waals surface area contributed by atoms with E-state index in [0.717, 1.165) is 24.5 Å². The van der Waals surface area contributed by atoms with Crippen LogP contribution in [-0.2, 0) is 0 Å². The smallest absolute Gasteiger partial charge is 0.273 e. The Morgan fingerprint density at radius 2 is 1.50 bits per heavy atom. The van der Waals surface area contributed by atoms with Gasteiger partial charge in [0.2, 0.25) is 0 Å². The molecule has 0 bridgehead atoms. The minimum absolute atomic E-state index is 0.144. The Kier molecular flexibility index (Phi) is 7.17. The molecule has 0 atom stereocenters. The Balaban J connectivity index is 1.36. The van der Waals surface area contributed by atoms with Crippen molar-refractivity contribution in [3.8, 4) is 17.2 Å². The highest BCUT2D eigenvalue weighted by Crippen LogP contribution is 2.25. The molecule has 0 radical (unpaired) electrons. The van der Waals surface area contributed by atoms with Crippen LogP contribution in [0.4, 0.5) is 10.8 Å². The highest BCUT2D eigenvalue weighted by atomic mass is 32.1. The molecule has 0 unspecified atom stereocenters. The third-order valence-electron chi connectivity index (χ3n) is 5.56. The maximum atomic E-state index is 13.0. The number of carbonyl (C=O) groups is 2. The fraction of sp³-hybridized carbons (Fsp3) is 0.292. The highest BCUT2D eigenvalue weighted by molar-refractivity contribution is 7.14. The fourth-order valence-electron chi connectivity index (χ4n) is 3.66. The van der Waals surface area contributed by atoms with Crippen LogP contribution in [0.2, 0.25) is 0 Å². The summed E-state index contributed by atoms with van der Waals surface area (Å²) in [5, 5.41) is 4.77. The Hall–Kier alpha value is -3.79. The third kappa shape index (κ3) is 5.23. The van der Waals surface area contributed by atoms with E-state index in [9.17, 15) is 9.59 Å². The first-order valence-electron chi connectivity index (χ1n) is 10.7. The van der Waals surface area contributed by atoms with Gasteiger partial charge in [-0.05, 0) is 36.4 Å². The highest BCUT2D eigenvalue weighted by Gasteiger charge is 2.24. The van der Waals surface area contributed by atoms with Crippen LogP contribution in [0.1, 0.15) is 20.8 Å². The van der Waals surface area contributed by atoms with Crippen molar-refractivity contribution in [2.45, 2.75) is 0 Å². The quantitative estimate of drug-likeness (QED) is 0.552. The van der Waals surface area contributed by atoms with Crippen LogP contribution in [0, 0.1) is 0 Å². The summed E-state index contributed by atoms with van der Waals surface area (Å²) >= 11 is 1.21. The molecule has 1 fully saturated rings. The maximum Gasteiger partial charge on any atom is 0.273 e. The molecule has 0 spiro atoms. The largest absolute Gasteiger partial charge is 0.497 e. The summed E-state index contributed by atoms with van der Waals surface area (Å²) in [5.74, 6) is 1.32. The lowest BCUT2D eigenvalue weighted by Crippen LogP contribution is -2.48. The lowest BCUT2D eigenvalue weighted by Gasteiger charge is -2.35. The average molecular weight is 483 g/mol. The van der Waals surface area contributed by atoms with Gasteiger partial charge in [-0.3, -0.25) is 14.9 Å². The summed E-state index contributed by atoms with van der Waals surface area (Å²) in [4.78, 5) is 34.0. The van der Waals surface area contributed by atoms with Crippen molar-refractivity contribution in [3.05, 3.63) is 59.1 Å². The number of piperazine rings is 1. The Morgan fingerprint density at radius 3 is 2.09 bits per heavy atom. The lowest BCUT2D eigenvalue weighted by atomic mass is 10.2. The molecule has 0 saturated carbocycles. The molecule has 9 nitrogen and oxygen atoms in total. The first-order chi connectivity index (χ1) is 16.5. The predicted octanol–water partition coefficient (Wildman–Crippen LogP) is 3.38. The molecule has 1 saturated heterocycles. The molecule has 3 aromatic rings. The van der Waals surface area contributed by atoms with Gasteiger partial charge in [0.15, 0.2) is 5.13 Å². The van der Waals surface area contributed by atoms with Gasteiger partial charge in [0.05, 0.1) is 21.3 Å². The SMILES string of the molecule is COc1ccc(N2CCN(C(=O)c3csc(NC(=O)c4cc(OC)cc(OC)c4)n3)CC2)cc1. The number of thiazole rings is 1. The zero-order chi connectivity index (χ0) is 24.1. The number of hydrogen-bond acceptors (Lipinski definition) is 8. The molecule has 1 aromatic heterocycles. The Morgan fingerprint density at radius 1 is 0.882 bits per heavy atom. The number of nitrogens with zero attached hydrogens (tertiary/aromatic N) is 3. The van der Waals surface area contributed by atoms with E-state index in [4.69, 9.17) is 14.2 Å². The molecule has 1 aliphatic heterocycles. The van der Waals surface area contributed by atoms with Crippen LogP contribution < -0.4 is 24.4 Å². The number of benzene rings is 2. The van der Waals surface area contributed by atoms with Crippen molar-refractivity contribution < 1.29 is 23.8 Å². The van der Waals surface area contributed by atoms with E-state index in [1.807, 2.05) is 24.3 Å². The van der Waals surface area contributed by atoms with E-state index in [1.165, 1.54) is 25.6 Å². The number of hydrogen-bond donors (Lipinski definition) is 1. The molecule has 2 amide bonds. The number of aromatic nitrogens is 1. The van der Waals surface area contributed by atoms with E-state index >= 15 is 0 Å². The van der Waals surface area contributed by atoms with Gasteiger partial charge in [-0.25, -0.2) is 4.98 Å². The number of ether oxygens (including phenoxy) is 3. The zero-order valence-electron chi connectivity index (χ0n) is 19.2. The number of amides is 2. The lowest BCUT2D eigenvalue weighted by molar-refractivity contribution is 0.0741. The average Bonchev–Trinajstić information content (AvgIpc) is 3.36. The summed E-state index contributed by atoms with van der Waals surface area (Å²) in [6, 6.07) is 12.8. The number of nitrogens with one attached hydrogen (secondary N) is 1. The standard InChI is InChI=1S/C24H26N4O5S/c1-31-18-6-4-17(5-7-18)27-8-10-28(11-9-27)23(30)21-15-34-24(25-21)26-22(29)16-12-19(32-2)14-20(13-16)33-3/h4-7,12-15H,8-11H2,1-3H3,(H,25,26,29). The van der Waals surface area contributed by atoms with Gasteiger partial charge in [0.25, 0.3) is 11.8 Å². The van der Waals surface area contributed by atoms with Crippen molar-refractivity contribution in [2.24, 2.45) is 0 Å². The molecular formula is C24H26N4O5S. The Bertz CT molecular complexity index is 1130. The second-order valence-electron chi connectivity index (χ2n) is 7.57. The van der Waals surface area contributed by atoms with E-state index in [2.05, 4.69) is 15.2 Å². The summed E-state index contributed by atoms with van der Waals surface area (Å²) in [5.41, 5.74) is 1.79. The number of anilines is 2. The molecule has 0 aliphatic carbocycles. The van der Waals surface area contributed by atoms with Crippen LogP contribution >= 0.6 is 11.3 Å². The van der Waals surface area contributed by atoms with Crippen LogP contribution in [0.3, 0.4) is 0 Å². The van der Waals surface area contributed by atoms with Gasteiger partial charge in [0.1, 0.15) is 22.9 Å². The minimum atomic E-state index is -0.362. The van der Waals surface area contributed by atoms with Crippen LogP contribution in [0.15, 0.2) is 47.8 Å². The molecule has 10 heteroatoms. The van der Waals surface area contributed by atoms with Gasteiger partial charge in [-0.15, -0.1) is 11.3 Å². The van der Waals surface area contributed by atoms with Crippen molar-refractivity contribution in [2.75, 3.05) is 57.7 Å². The van der Waals surface area contributed by atoms with Crippen molar-refractivity contribution in [3.63, 3.8) is 0 Å². The van der Waals surface area contributed by atoms with E-state index in [1.54, 1.807) is 35.6 Å². The summed E-state index contributed by atoms with van der Waals surface area (Å²) in [6.45, 7) is 2.63. The van der Waals surface area contributed by atoms with Crippen molar-refractivity contribution in [1.29, 1.82) is 0 Å². The third-order valence-corrected chi connectivity index (χ3v) is 6.32. The molecule has 178 valence electrons. The molecule has 2 aromatic carbocycles. The van der Waals surface area contributed by atoms with Crippen molar-refractivity contribution in [1.82, 2.24) is 9.88 Å². The topological polar surface area (TPSA) is 93.2 Å². The first-order valence-corrected chi connectivity index (χ1v) is 11.6. The second-order valence-corrected chi connectivity index (χ2v) is 8.43. The minimum Gasteiger partial charge on any atom is -0.497 e. The molecule has 1 N–H and O–H groups in total. The van der Waals surface area contributed by atoms with Crippen molar-refractivity contribution >= 4 is 34.0 Å². The number of rotatable bonds is 7. The first kappa shape index (κ1) is 23.4. The van der Waals surface area contributed by atoms with Gasteiger partial charge < -0.3 is 24.0 Å². The zero-order valence-corrected chi connectivity index (χ0v) is 20.1. The van der Waals surface area contributed by atoms with Crippen LogP contribution in [0.5, 0.6) is 17.2 Å². The fourth-order valence-corrected chi connectivity index (χ4v) is 4.34. The normalized spacial score (nSPS) is 13.4. The van der Waals surface area contributed by atoms with E-state index < -0.39 is 0 Å². The molecule has 2 heterocycles. The second kappa shape index (κ2) is 10.4. The number of carbonyl (C=O) groups excluding carboxylic acids is 2. The van der Waals surface area contributed by atoms with E-state index in [0.29, 0.717) is 41.0 Å². The van der Waals surface area contributed by atoms with Gasteiger partial charge in [-0.1, -0.05) is 0 Å². The van der Waals surface area contributed by atoms with Crippen LogP contribution in [0.25, 0.3) is 0 Å². The van der Waals surface area contributed by atoms with Gasteiger partial charge >= 0.3 is 0 Å². The summed E-state index contributed by atoms with van der Waals surface area (Å²) in [7, 11) is 4.68. The van der Waals surface area contributed by atoms with E-state index in [-0.39, 0.29) is 11.8 Å². The predicted molar refractivity (Wildman–Crippen MR) is 131 cm³/mol. The molecule has 34 heavy (non-hydrogen) atoms. The molecule has 1 aliphatic rings. The Labute approximate surface area is 201 Å². The molecule has 4 rings (SSSR count).